The monoisotopic (exact) mass is 254 g/mol. The zero-order chi connectivity index (χ0) is 14.6. The quantitative estimate of drug-likeness (QED) is 0.619. The van der Waals surface area contributed by atoms with Crippen LogP contribution >= 0.6 is 0 Å². The first kappa shape index (κ1) is 16.9. The molecule has 0 aliphatic heterocycles. The number of hydrogen-bond donors (Lipinski definition) is 1. The SMILES string of the molecule is CCOC(=O)C(C=C=C(C)C(C)(C)C)C(C)(C)O. The van der Waals surface area contributed by atoms with Crippen molar-refractivity contribution in [2.45, 2.75) is 54.1 Å². The van der Waals surface area contributed by atoms with E-state index in [0.29, 0.717) is 6.61 Å². The molecule has 0 saturated heterocycles. The third-order valence-corrected chi connectivity index (χ3v) is 2.89. The first-order valence-corrected chi connectivity index (χ1v) is 6.33. The summed E-state index contributed by atoms with van der Waals surface area (Å²) in [5.74, 6) is -1.12. The van der Waals surface area contributed by atoms with Crippen molar-refractivity contribution >= 4 is 5.97 Å². The van der Waals surface area contributed by atoms with E-state index >= 15 is 0 Å². The Morgan fingerprint density at radius 1 is 1.33 bits per heavy atom. The molecule has 0 aliphatic carbocycles. The standard InChI is InChI=1S/C15H26O3/c1-8-18-13(16)12(15(6,7)17)10-9-11(2)14(3,4)5/h10,12,17H,8H2,1-7H3. The summed E-state index contributed by atoms with van der Waals surface area (Å²) in [5, 5.41) is 10.0. The smallest absolute Gasteiger partial charge is 0.316 e. The van der Waals surface area contributed by atoms with E-state index in [9.17, 15) is 9.90 Å². The van der Waals surface area contributed by atoms with Crippen molar-refractivity contribution in [2.24, 2.45) is 11.3 Å². The number of esters is 1. The Hall–Kier alpha value is -1.05. The van der Waals surface area contributed by atoms with Crippen LogP contribution in [0.5, 0.6) is 0 Å². The van der Waals surface area contributed by atoms with E-state index in [4.69, 9.17) is 4.74 Å². The van der Waals surface area contributed by atoms with Gasteiger partial charge in [0.25, 0.3) is 0 Å². The molecule has 0 fully saturated rings. The predicted octanol–water partition coefficient (Wildman–Crippen LogP) is 3.08. The molecule has 0 aromatic rings. The van der Waals surface area contributed by atoms with Gasteiger partial charge in [0.2, 0.25) is 0 Å². The summed E-state index contributed by atoms with van der Waals surface area (Å²) < 4.78 is 4.97. The Labute approximate surface area is 111 Å². The number of hydrogen-bond acceptors (Lipinski definition) is 3. The lowest BCUT2D eigenvalue weighted by Gasteiger charge is -2.24. The second-order valence-electron chi connectivity index (χ2n) is 6.07. The lowest BCUT2D eigenvalue weighted by atomic mass is 9.86. The second kappa shape index (κ2) is 6.21. The van der Waals surface area contributed by atoms with E-state index in [1.54, 1.807) is 26.8 Å². The third kappa shape index (κ3) is 5.52. The molecule has 3 nitrogen and oxygen atoms in total. The van der Waals surface area contributed by atoms with Gasteiger partial charge in [-0.3, -0.25) is 4.79 Å². The van der Waals surface area contributed by atoms with Gasteiger partial charge in [-0.1, -0.05) is 20.8 Å². The predicted molar refractivity (Wildman–Crippen MR) is 73.1 cm³/mol. The summed E-state index contributed by atoms with van der Waals surface area (Å²) in [6, 6.07) is 0. The Kier molecular flexibility index (Phi) is 5.85. The molecule has 0 aliphatic rings. The number of rotatable bonds is 4. The van der Waals surface area contributed by atoms with Gasteiger partial charge < -0.3 is 9.84 Å². The minimum Gasteiger partial charge on any atom is -0.465 e. The maximum Gasteiger partial charge on any atom is 0.316 e. The highest BCUT2D eigenvalue weighted by Gasteiger charge is 2.32. The molecular weight excluding hydrogens is 228 g/mol. The molecule has 3 heteroatoms. The maximum absolute atomic E-state index is 11.8. The van der Waals surface area contributed by atoms with Gasteiger partial charge in [0.05, 0.1) is 12.2 Å². The van der Waals surface area contributed by atoms with Crippen molar-refractivity contribution in [3.8, 4) is 0 Å². The van der Waals surface area contributed by atoms with Crippen LogP contribution in [0.1, 0.15) is 48.5 Å². The Morgan fingerprint density at radius 3 is 2.17 bits per heavy atom. The molecule has 0 heterocycles. The second-order valence-corrected chi connectivity index (χ2v) is 6.07. The van der Waals surface area contributed by atoms with Crippen molar-refractivity contribution in [2.75, 3.05) is 6.61 Å². The van der Waals surface area contributed by atoms with Crippen LogP contribution < -0.4 is 0 Å². The van der Waals surface area contributed by atoms with E-state index in [1.807, 2.05) is 6.92 Å². The van der Waals surface area contributed by atoms with E-state index in [2.05, 4.69) is 26.5 Å². The van der Waals surface area contributed by atoms with Crippen LogP contribution in [0.15, 0.2) is 17.4 Å². The van der Waals surface area contributed by atoms with Gasteiger partial charge in [0, 0.05) is 0 Å². The Bertz CT molecular complexity index is 347. The number of ether oxygens (including phenoxy) is 1. The van der Waals surface area contributed by atoms with Crippen molar-refractivity contribution in [1.82, 2.24) is 0 Å². The molecule has 104 valence electrons. The van der Waals surface area contributed by atoms with Crippen LogP contribution in [0.3, 0.4) is 0 Å². The molecule has 0 rings (SSSR count). The summed E-state index contributed by atoms with van der Waals surface area (Å²) >= 11 is 0. The molecule has 18 heavy (non-hydrogen) atoms. The summed E-state index contributed by atoms with van der Waals surface area (Å²) in [5.41, 5.74) is 2.97. The van der Waals surface area contributed by atoms with Crippen molar-refractivity contribution in [3.63, 3.8) is 0 Å². The van der Waals surface area contributed by atoms with Crippen molar-refractivity contribution < 1.29 is 14.6 Å². The van der Waals surface area contributed by atoms with Gasteiger partial charge in [-0.05, 0) is 44.8 Å². The van der Waals surface area contributed by atoms with Crippen molar-refractivity contribution in [3.05, 3.63) is 17.4 Å². The Morgan fingerprint density at radius 2 is 1.83 bits per heavy atom. The van der Waals surface area contributed by atoms with Gasteiger partial charge in [-0.2, -0.15) is 0 Å². The molecule has 0 amide bonds. The number of carbonyl (C=O) groups excluding carboxylic acids is 1. The molecule has 1 N–H and O–H groups in total. The fourth-order valence-corrected chi connectivity index (χ4v) is 1.22. The molecule has 0 saturated carbocycles. The largest absolute Gasteiger partial charge is 0.465 e. The van der Waals surface area contributed by atoms with Crippen LogP contribution in [0.25, 0.3) is 0 Å². The molecule has 0 aromatic heterocycles. The summed E-state index contributed by atoms with van der Waals surface area (Å²) in [6.07, 6.45) is 1.61. The van der Waals surface area contributed by atoms with Crippen LogP contribution in [-0.2, 0) is 9.53 Å². The van der Waals surface area contributed by atoms with Gasteiger partial charge in [0.1, 0.15) is 5.92 Å². The molecule has 0 aromatic carbocycles. The summed E-state index contributed by atoms with van der Waals surface area (Å²) in [6.45, 7) is 13.4. The highest BCUT2D eigenvalue weighted by molar-refractivity contribution is 5.75. The van der Waals surface area contributed by atoms with Crippen LogP contribution in [0, 0.1) is 11.3 Å². The minimum absolute atomic E-state index is 0.00465. The lowest BCUT2D eigenvalue weighted by Crippen LogP contribution is -2.36. The van der Waals surface area contributed by atoms with E-state index in [-0.39, 0.29) is 5.41 Å². The fourth-order valence-electron chi connectivity index (χ4n) is 1.22. The van der Waals surface area contributed by atoms with Crippen molar-refractivity contribution in [1.29, 1.82) is 0 Å². The molecule has 1 atom stereocenters. The van der Waals surface area contributed by atoms with Crippen LogP contribution in [0.4, 0.5) is 0 Å². The molecule has 0 radical (unpaired) electrons. The molecule has 0 bridgehead atoms. The van der Waals surface area contributed by atoms with E-state index < -0.39 is 17.5 Å². The maximum atomic E-state index is 11.8. The first-order valence-electron chi connectivity index (χ1n) is 6.33. The summed E-state index contributed by atoms with van der Waals surface area (Å²) in [4.78, 5) is 11.8. The zero-order valence-electron chi connectivity index (χ0n) is 12.6. The number of carbonyl (C=O) groups is 1. The fraction of sp³-hybridized carbons (Fsp3) is 0.733. The molecule has 0 spiro atoms. The first-order chi connectivity index (χ1) is 8.00. The van der Waals surface area contributed by atoms with Gasteiger partial charge in [-0.15, -0.1) is 5.73 Å². The Balaban J connectivity index is 5.28. The third-order valence-electron chi connectivity index (χ3n) is 2.89. The minimum atomic E-state index is -1.16. The van der Waals surface area contributed by atoms with Crippen LogP contribution in [-0.4, -0.2) is 23.3 Å². The molecule has 1 unspecified atom stereocenters. The van der Waals surface area contributed by atoms with Gasteiger partial charge in [-0.25, -0.2) is 0 Å². The van der Waals surface area contributed by atoms with Gasteiger partial charge >= 0.3 is 5.97 Å². The topological polar surface area (TPSA) is 46.5 Å². The lowest BCUT2D eigenvalue weighted by molar-refractivity contribution is -0.153. The van der Waals surface area contributed by atoms with Crippen LogP contribution in [0.2, 0.25) is 0 Å². The average Bonchev–Trinajstić information content (AvgIpc) is 2.14. The normalized spacial score (nSPS) is 13.6. The summed E-state index contributed by atoms with van der Waals surface area (Å²) in [7, 11) is 0. The average molecular weight is 254 g/mol. The highest BCUT2D eigenvalue weighted by Crippen LogP contribution is 2.25. The van der Waals surface area contributed by atoms with E-state index in [0.717, 1.165) is 5.57 Å². The molecular formula is C15H26O3. The number of aliphatic hydroxyl groups is 1. The van der Waals surface area contributed by atoms with E-state index in [1.165, 1.54) is 0 Å². The van der Waals surface area contributed by atoms with Gasteiger partial charge in [0.15, 0.2) is 0 Å². The highest BCUT2D eigenvalue weighted by atomic mass is 16.5. The zero-order valence-corrected chi connectivity index (χ0v) is 12.6.